The summed E-state index contributed by atoms with van der Waals surface area (Å²) in [4.78, 5) is 15.2. The molecule has 0 saturated carbocycles. The van der Waals surface area contributed by atoms with Crippen LogP contribution in [-0.2, 0) is 19.4 Å². The first kappa shape index (κ1) is 21.7. The molecule has 3 heterocycles. The van der Waals surface area contributed by atoms with Crippen LogP contribution in [0.25, 0.3) is 22.4 Å². The molecule has 0 fully saturated rings. The molecule has 33 heavy (non-hydrogen) atoms. The van der Waals surface area contributed by atoms with E-state index in [4.69, 9.17) is 5.73 Å². The van der Waals surface area contributed by atoms with Crippen molar-refractivity contribution in [1.29, 1.82) is 0 Å². The van der Waals surface area contributed by atoms with Crippen LogP contribution < -0.4 is 5.73 Å². The van der Waals surface area contributed by atoms with Crippen LogP contribution in [0.5, 0.6) is 0 Å². The van der Waals surface area contributed by atoms with E-state index in [-0.39, 0.29) is 17.5 Å². The highest BCUT2D eigenvalue weighted by molar-refractivity contribution is 7.14. The fourth-order valence-corrected chi connectivity index (χ4v) is 5.76. The zero-order valence-electron chi connectivity index (χ0n) is 18.3. The van der Waals surface area contributed by atoms with Gasteiger partial charge in [-0.3, -0.25) is 9.48 Å². The average Bonchev–Trinajstić information content (AvgIpc) is 3.40. The van der Waals surface area contributed by atoms with Crippen molar-refractivity contribution in [3.05, 3.63) is 88.0 Å². The predicted molar refractivity (Wildman–Crippen MR) is 131 cm³/mol. The van der Waals surface area contributed by atoms with E-state index in [0.29, 0.717) is 19.4 Å². The molecule has 4 aromatic rings. The van der Waals surface area contributed by atoms with Crippen molar-refractivity contribution >= 4 is 17.1 Å². The van der Waals surface area contributed by atoms with Crippen LogP contribution in [0.4, 0.5) is 4.39 Å². The van der Waals surface area contributed by atoms with E-state index in [2.05, 4.69) is 21.9 Å². The molecule has 0 saturated heterocycles. The molecule has 2 aromatic heterocycles. The Morgan fingerprint density at radius 1 is 1.12 bits per heavy atom. The number of hydrogen-bond acceptors (Lipinski definition) is 4. The van der Waals surface area contributed by atoms with Crippen molar-refractivity contribution in [3.8, 4) is 22.4 Å². The van der Waals surface area contributed by atoms with E-state index >= 15 is 0 Å². The van der Waals surface area contributed by atoms with Crippen molar-refractivity contribution in [1.82, 2.24) is 9.78 Å². The Kier molecular flexibility index (Phi) is 6.20. The van der Waals surface area contributed by atoms with Gasteiger partial charge in [-0.05, 0) is 61.1 Å². The third kappa shape index (κ3) is 4.54. The fourth-order valence-electron chi connectivity index (χ4n) is 4.61. The zero-order chi connectivity index (χ0) is 22.8. The van der Waals surface area contributed by atoms with E-state index in [0.717, 1.165) is 52.2 Å². The van der Waals surface area contributed by atoms with E-state index in [1.165, 1.54) is 17.0 Å². The van der Waals surface area contributed by atoms with Crippen LogP contribution >= 0.6 is 11.3 Å². The van der Waals surface area contributed by atoms with Crippen molar-refractivity contribution in [2.45, 2.75) is 32.2 Å². The number of ketones is 1. The maximum atomic E-state index is 13.6. The van der Waals surface area contributed by atoms with Crippen LogP contribution in [-0.4, -0.2) is 22.1 Å². The molecule has 168 valence electrons. The summed E-state index contributed by atoms with van der Waals surface area (Å²) in [6.45, 7) is 1.26. The lowest BCUT2D eigenvalue weighted by Gasteiger charge is -2.13. The molecule has 1 atom stereocenters. The summed E-state index contributed by atoms with van der Waals surface area (Å²) in [7, 11) is 0. The summed E-state index contributed by atoms with van der Waals surface area (Å²) in [5.41, 5.74) is 11.3. The maximum absolute atomic E-state index is 13.6. The number of fused-ring (bicyclic) bond motifs is 3. The molecule has 2 N–H and O–H groups in total. The summed E-state index contributed by atoms with van der Waals surface area (Å²) in [6, 6.07) is 18.8. The van der Waals surface area contributed by atoms with Gasteiger partial charge in [0, 0.05) is 29.0 Å². The summed E-state index contributed by atoms with van der Waals surface area (Å²) in [5, 5.41) is 4.65. The van der Waals surface area contributed by atoms with Gasteiger partial charge in [0.2, 0.25) is 0 Å². The molecule has 0 unspecified atom stereocenters. The second kappa shape index (κ2) is 9.41. The number of aryl methyl sites for hydroxylation is 2. The second-order valence-corrected chi connectivity index (χ2v) is 9.75. The minimum atomic E-state index is -0.262. The number of thiophene rings is 1. The van der Waals surface area contributed by atoms with Gasteiger partial charge < -0.3 is 5.73 Å². The van der Waals surface area contributed by atoms with Gasteiger partial charge in [-0.15, -0.1) is 11.3 Å². The SMILES string of the molecule is NC[C@@H](CC(=O)c1cc2c(s1)CCCn1ncc(-c3ccccc3)c1-2)Cc1cccc(F)c1. The van der Waals surface area contributed by atoms with Gasteiger partial charge in [0.05, 0.1) is 16.8 Å². The Hall–Kier alpha value is -3.09. The third-order valence-corrected chi connectivity index (χ3v) is 7.49. The van der Waals surface area contributed by atoms with Crippen LogP contribution in [0.3, 0.4) is 0 Å². The van der Waals surface area contributed by atoms with E-state index in [1.54, 1.807) is 17.4 Å². The first-order valence-corrected chi connectivity index (χ1v) is 12.2. The Morgan fingerprint density at radius 3 is 2.76 bits per heavy atom. The molecule has 6 heteroatoms. The largest absolute Gasteiger partial charge is 0.330 e. The quantitative estimate of drug-likeness (QED) is 0.358. The van der Waals surface area contributed by atoms with Crippen molar-refractivity contribution in [2.75, 3.05) is 6.54 Å². The number of halogens is 1. The molecule has 1 aliphatic heterocycles. The summed E-state index contributed by atoms with van der Waals surface area (Å²) < 4.78 is 15.6. The van der Waals surface area contributed by atoms with Crippen LogP contribution in [0.1, 0.15) is 33.0 Å². The van der Waals surface area contributed by atoms with Gasteiger partial charge in [0.1, 0.15) is 5.82 Å². The van der Waals surface area contributed by atoms with Gasteiger partial charge in [-0.2, -0.15) is 5.10 Å². The van der Waals surface area contributed by atoms with Crippen LogP contribution in [0.2, 0.25) is 0 Å². The minimum Gasteiger partial charge on any atom is -0.330 e. The minimum absolute atomic E-state index is 0.0217. The summed E-state index contributed by atoms with van der Waals surface area (Å²) in [5.74, 6) is -0.179. The highest BCUT2D eigenvalue weighted by atomic mass is 32.1. The van der Waals surface area contributed by atoms with Gasteiger partial charge >= 0.3 is 0 Å². The third-order valence-electron chi connectivity index (χ3n) is 6.26. The smallest absolute Gasteiger partial charge is 0.173 e. The van der Waals surface area contributed by atoms with Gasteiger partial charge in [-0.25, -0.2) is 4.39 Å². The Balaban J connectivity index is 1.42. The number of Topliss-reactive ketones (excluding diaryl/α,β-unsaturated/α-hetero) is 1. The number of carbonyl (C=O) groups is 1. The van der Waals surface area contributed by atoms with Gasteiger partial charge in [0.25, 0.3) is 0 Å². The van der Waals surface area contributed by atoms with Crippen LogP contribution in [0.15, 0.2) is 66.9 Å². The number of nitrogens with zero attached hydrogens (tertiary/aromatic N) is 2. The molecular formula is C27H26FN3OS. The molecular weight excluding hydrogens is 433 g/mol. The Bertz CT molecular complexity index is 1280. The number of benzene rings is 2. The molecule has 0 radical (unpaired) electrons. The molecule has 0 amide bonds. The van der Waals surface area contributed by atoms with E-state index in [9.17, 15) is 9.18 Å². The van der Waals surface area contributed by atoms with E-state index < -0.39 is 0 Å². The molecule has 0 bridgehead atoms. The van der Waals surface area contributed by atoms with Gasteiger partial charge in [0.15, 0.2) is 5.78 Å². The highest BCUT2D eigenvalue weighted by Crippen LogP contribution is 2.40. The number of aromatic nitrogens is 2. The number of rotatable bonds is 7. The standard InChI is InChI=1S/C27H26FN3OS/c28-21-9-4-6-18(13-21)12-19(16-29)14-24(32)26-15-22-25(33-26)10-5-11-31-27(22)23(17-30-31)20-7-2-1-3-8-20/h1-4,6-9,13,15,17,19H,5,10-12,14,16,29H2/t19-/m1/s1. The Labute approximate surface area is 196 Å². The normalized spacial score (nSPS) is 13.8. The molecule has 0 spiro atoms. The Morgan fingerprint density at radius 2 is 1.97 bits per heavy atom. The van der Waals surface area contributed by atoms with Crippen molar-refractivity contribution in [3.63, 3.8) is 0 Å². The monoisotopic (exact) mass is 459 g/mol. The van der Waals surface area contributed by atoms with Crippen molar-refractivity contribution < 1.29 is 9.18 Å². The first-order chi connectivity index (χ1) is 16.1. The molecule has 4 nitrogen and oxygen atoms in total. The molecule has 1 aliphatic rings. The van der Waals surface area contributed by atoms with Gasteiger partial charge in [-0.1, -0.05) is 42.5 Å². The highest BCUT2D eigenvalue weighted by Gasteiger charge is 2.25. The molecule has 5 rings (SSSR count). The summed E-state index contributed by atoms with van der Waals surface area (Å²) >= 11 is 1.60. The summed E-state index contributed by atoms with van der Waals surface area (Å²) in [6.07, 6.45) is 4.82. The van der Waals surface area contributed by atoms with Crippen LogP contribution in [0, 0.1) is 11.7 Å². The average molecular weight is 460 g/mol. The predicted octanol–water partition coefficient (Wildman–Crippen LogP) is 5.75. The molecule has 2 aromatic carbocycles. The maximum Gasteiger partial charge on any atom is 0.173 e. The number of hydrogen-bond donors (Lipinski definition) is 1. The fraction of sp³-hybridized carbons (Fsp3) is 0.259. The lowest BCUT2D eigenvalue weighted by atomic mass is 9.93. The lowest BCUT2D eigenvalue weighted by molar-refractivity contribution is 0.0966. The molecule has 0 aliphatic carbocycles. The van der Waals surface area contributed by atoms with E-state index in [1.807, 2.05) is 36.5 Å². The zero-order valence-corrected chi connectivity index (χ0v) is 19.2. The van der Waals surface area contributed by atoms with Crippen molar-refractivity contribution in [2.24, 2.45) is 11.7 Å². The second-order valence-electron chi connectivity index (χ2n) is 8.61. The topological polar surface area (TPSA) is 60.9 Å². The lowest BCUT2D eigenvalue weighted by Crippen LogP contribution is -2.20. The number of nitrogens with two attached hydrogens (primary N) is 1. The first-order valence-electron chi connectivity index (χ1n) is 11.3. The number of carbonyl (C=O) groups excluding carboxylic acids is 1.